The van der Waals surface area contributed by atoms with Crippen LogP contribution in [0.15, 0.2) is 40.6 Å². The van der Waals surface area contributed by atoms with Crippen molar-refractivity contribution in [1.82, 2.24) is 4.98 Å². The van der Waals surface area contributed by atoms with E-state index in [4.69, 9.17) is 42.4 Å². The summed E-state index contributed by atoms with van der Waals surface area (Å²) in [6.07, 6.45) is 1.64. The lowest BCUT2D eigenvalue weighted by Crippen LogP contribution is -2.39. The Bertz CT molecular complexity index is 1280. The third-order valence-corrected chi connectivity index (χ3v) is 9.97. The molecule has 1 aromatic heterocycles. The molecule has 0 saturated carbocycles. The second kappa shape index (κ2) is 10.8. The number of sulfone groups is 1. The van der Waals surface area contributed by atoms with Crippen LogP contribution in [0.5, 0.6) is 17.2 Å². The summed E-state index contributed by atoms with van der Waals surface area (Å²) in [4.78, 5) is 7.16. The van der Waals surface area contributed by atoms with Gasteiger partial charge in [0.05, 0.1) is 47.2 Å². The van der Waals surface area contributed by atoms with E-state index in [0.29, 0.717) is 54.6 Å². The van der Waals surface area contributed by atoms with Gasteiger partial charge in [-0.05, 0) is 48.7 Å². The maximum absolute atomic E-state index is 13.1. The topological polar surface area (TPSA) is 78.0 Å². The Morgan fingerprint density at radius 3 is 2.23 bits per heavy atom. The van der Waals surface area contributed by atoms with Crippen LogP contribution >= 0.6 is 34.5 Å². The third kappa shape index (κ3) is 5.48. The molecule has 3 aromatic rings. The van der Waals surface area contributed by atoms with Crippen molar-refractivity contribution in [3.05, 3.63) is 57.0 Å². The molecule has 0 radical (unpaired) electrons. The quantitative estimate of drug-likeness (QED) is 0.362. The summed E-state index contributed by atoms with van der Waals surface area (Å²) in [6.45, 7) is 1.23. The number of hydrogen-bond acceptors (Lipinski definition) is 8. The lowest BCUT2D eigenvalue weighted by molar-refractivity contribution is 0.324. The van der Waals surface area contributed by atoms with Gasteiger partial charge in [-0.15, -0.1) is 11.3 Å². The number of nitrogens with zero attached hydrogens (tertiary/aromatic N) is 2. The van der Waals surface area contributed by atoms with Crippen molar-refractivity contribution in [2.24, 2.45) is 0 Å². The van der Waals surface area contributed by atoms with Crippen LogP contribution in [0.1, 0.15) is 24.1 Å². The van der Waals surface area contributed by atoms with Crippen molar-refractivity contribution < 1.29 is 22.6 Å². The molecule has 0 amide bonds. The number of piperidine rings is 1. The highest BCUT2D eigenvalue weighted by atomic mass is 35.5. The average molecular weight is 558 g/mol. The summed E-state index contributed by atoms with van der Waals surface area (Å²) >= 11 is 13.5. The number of halogens is 2. The minimum absolute atomic E-state index is 0.215. The van der Waals surface area contributed by atoms with Gasteiger partial charge >= 0.3 is 0 Å². The van der Waals surface area contributed by atoms with Crippen LogP contribution in [0.2, 0.25) is 10.0 Å². The third-order valence-electron chi connectivity index (χ3n) is 6.02. The summed E-state index contributed by atoms with van der Waals surface area (Å²) in [5.41, 5.74) is 1.91. The van der Waals surface area contributed by atoms with Crippen LogP contribution in [0.4, 0.5) is 5.13 Å². The number of hydrogen-bond donors (Lipinski definition) is 0. The van der Waals surface area contributed by atoms with E-state index < -0.39 is 15.1 Å². The first-order valence-electron chi connectivity index (χ1n) is 10.9. The Hall–Kier alpha value is -2.20. The summed E-state index contributed by atoms with van der Waals surface area (Å²) in [5.74, 6) is 1.75. The molecule has 188 valence electrons. The van der Waals surface area contributed by atoms with E-state index in [9.17, 15) is 8.42 Å². The van der Waals surface area contributed by atoms with Gasteiger partial charge < -0.3 is 19.1 Å². The molecule has 0 N–H and O–H groups in total. The molecule has 1 fully saturated rings. The van der Waals surface area contributed by atoms with Crippen LogP contribution in [0, 0.1) is 0 Å². The first-order valence-corrected chi connectivity index (χ1v) is 14.1. The van der Waals surface area contributed by atoms with Crippen LogP contribution in [-0.2, 0) is 16.3 Å². The van der Waals surface area contributed by atoms with Crippen molar-refractivity contribution in [3.63, 3.8) is 0 Å². The standard InChI is InChI=1S/C24H26Cl2N2O5S2/c1-31-21-11-15(12-22(32-2)23(21)33-3)10-16-14-34-24(27-16)28-8-6-17(7-9-28)35(29,30)18-4-5-19(25)20(26)13-18/h4-5,11-14,17H,6-10H2,1-3H3. The summed E-state index contributed by atoms with van der Waals surface area (Å²) in [7, 11) is 1.27. The predicted octanol–water partition coefficient (Wildman–Crippen LogP) is 5.51. The Balaban J connectivity index is 1.43. The molecule has 1 saturated heterocycles. The van der Waals surface area contributed by atoms with Crippen molar-refractivity contribution in [2.45, 2.75) is 29.4 Å². The zero-order valence-corrected chi connectivity index (χ0v) is 22.7. The van der Waals surface area contributed by atoms with Gasteiger partial charge in [-0.1, -0.05) is 23.2 Å². The van der Waals surface area contributed by atoms with Gasteiger partial charge in [-0.25, -0.2) is 13.4 Å². The zero-order chi connectivity index (χ0) is 25.2. The number of methoxy groups -OCH3 is 3. The molecule has 2 heterocycles. The van der Waals surface area contributed by atoms with Gasteiger partial charge in [-0.3, -0.25) is 0 Å². The van der Waals surface area contributed by atoms with Gasteiger partial charge in [0.25, 0.3) is 0 Å². The fourth-order valence-electron chi connectivity index (χ4n) is 4.17. The van der Waals surface area contributed by atoms with Gasteiger partial charge in [0, 0.05) is 24.9 Å². The molecule has 1 aliphatic heterocycles. The van der Waals surface area contributed by atoms with Crippen molar-refractivity contribution >= 4 is 49.5 Å². The van der Waals surface area contributed by atoms with Crippen LogP contribution in [0.3, 0.4) is 0 Å². The molecule has 0 unspecified atom stereocenters. The van der Waals surface area contributed by atoms with E-state index in [-0.39, 0.29) is 9.92 Å². The van der Waals surface area contributed by atoms with E-state index in [1.54, 1.807) is 32.7 Å². The normalized spacial score (nSPS) is 14.7. The lowest BCUT2D eigenvalue weighted by atomic mass is 10.1. The highest BCUT2D eigenvalue weighted by Crippen LogP contribution is 2.39. The van der Waals surface area contributed by atoms with Crippen molar-refractivity contribution in [2.75, 3.05) is 39.3 Å². The van der Waals surface area contributed by atoms with E-state index in [2.05, 4.69) is 4.90 Å². The van der Waals surface area contributed by atoms with Gasteiger partial charge in [0.1, 0.15) is 0 Å². The molecular weight excluding hydrogens is 531 g/mol. The Labute approximate surface area is 219 Å². The van der Waals surface area contributed by atoms with E-state index in [1.807, 2.05) is 17.5 Å². The SMILES string of the molecule is COc1cc(Cc2csc(N3CCC(S(=O)(=O)c4ccc(Cl)c(Cl)c4)CC3)n2)cc(OC)c1OC. The highest BCUT2D eigenvalue weighted by molar-refractivity contribution is 7.92. The van der Waals surface area contributed by atoms with Gasteiger partial charge in [-0.2, -0.15) is 0 Å². The molecule has 0 bridgehead atoms. The number of benzene rings is 2. The molecule has 11 heteroatoms. The largest absolute Gasteiger partial charge is 0.493 e. The maximum atomic E-state index is 13.1. The van der Waals surface area contributed by atoms with Crippen molar-refractivity contribution in [3.8, 4) is 17.2 Å². The first kappa shape index (κ1) is 25.9. The smallest absolute Gasteiger partial charge is 0.203 e. The lowest BCUT2D eigenvalue weighted by Gasteiger charge is -2.31. The van der Waals surface area contributed by atoms with Crippen LogP contribution in [-0.4, -0.2) is 53.1 Å². The van der Waals surface area contributed by atoms with Crippen molar-refractivity contribution in [1.29, 1.82) is 0 Å². The molecule has 35 heavy (non-hydrogen) atoms. The minimum atomic E-state index is -3.48. The predicted molar refractivity (Wildman–Crippen MR) is 140 cm³/mol. The van der Waals surface area contributed by atoms with Crippen LogP contribution in [0.25, 0.3) is 0 Å². The number of thiazole rings is 1. The molecular formula is C24H26Cl2N2O5S2. The fourth-order valence-corrected chi connectivity index (χ4v) is 7.17. The summed E-state index contributed by atoms with van der Waals surface area (Å²) < 4.78 is 42.5. The molecule has 4 rings (SSSR count). The minimum Gasteiger partial charge on any atom is -0.493 e. The van der Waals surface area contributed by atoms with E-state index in [0.717, 1.165) is 16.4 Å². The second-order valence-corrected chi connectivity index (χ2v) is 12.0. The highest BCUT2D eigenvalue weighted by Gasteiger charge is 2.32. The maximum Gasteiger partial charge on any atom is 0.203 e. The zero-order valence-electron chi connectivity index (χ0n) is 19.6. The average Bonchev–Trinajstić information content (AvgIpc) is 3.33. The molecule has 0 spiro atoms. The van der Waals surface area contributed by atoms with E-state index >= 15 is 0 Å². The summed E-state index contributed by atoms with van der Waals surface area (Å²) in [5, 5.41) is 3.03. The number of ether oxygens (including phenoxy) is 3. The monoisotopic (exact) mass is 556 g/mol. The Kier molecular flexibility index (Phi) is 8.00. The first-order chi connectivity index (χ1) is 16.8. The van der Waals surface area contributed by atoms with Gasteiger partial charge in [0.15, 0.2) is 26.5 Å². The van der Waals surface area contributed by atoms with Gasteiger partial charge in [0.2, 0.25) is 5.75 Å². The number of aromatic nitrogens is 1. The van der Waals surface area contributed by atoms with Crippen LogP contribution < -0.4 is 19.1 Å². The number of rotatable bonds is 8. The second-order valence-electron chi connectivity index (χ2n) is 8.14. The molecule has 1 aliphatic rings. The molecule has 2 aromatic carbocycles. The fraction of sp³-hybridized carbons (Fsp3) is 0.375. The molecule has 0 atom stereocenters. The summed E-state index contributed by atoms with van der Waals surface area (Å²) in [6, 6.07) is 8.31. The number of anilines is 1. The Morgan fingerprint density at radius 2 is 1.66 bits per heavy atom. The molecule has 7 nitrogen and oxygen atoms in total. The Morgan fingerprint density at radius 1 is 1.00 bits per heavy atom. The molecule has 0 aliphatic carbocycles. The van der Waals surface area contributed by atoms with E-state index in [1.165, 1.54) is 18.2 Å².